The van der Waals surface area contributed by atoms with Gasteiger partial charge < -0.3 is 9.14 Å². The van der Waals surface area contributed by atoms with Gasteiger partial charge in [-0.3, -0.25) is 4.90 Å². The van der Waals surface area contributed by atoms with E-state index in [4.69, 9.17) is 9.72 Å². The number of rotatable bonds is 3. The predicted molar refractivity (Wildman–Crippen MR) is 96.2 cm³/mol. The van der Waals surface area contributed by atoms with E-state index in [1.165, 1.54) is 22.4 Å². The molecule has 24 heavy (non-hydrogen) atoms. The van der Waals surface area contributed by atoms with Crippen LogP contribution in [-0.2, 0) is 11.3 Å². The van der Waals surface area contributed by atoms with Gasteiger partial charge in [-0.05, 0) is 25.5 Å². The monoisotopic (exact) mass is 321 g/mol. The molecule has 0 unspecified atom stereocenters. The molecule has 0 aliphatic carbocycles. The number of fused-ring (bicyclic) bond motifs is 1. The van der Waals surface area contributed by atoms with E-state index in [-0.39, 0.29) is 0 Å². The van der Waals surface area contributed by atoms with Crippen LogP contribution in [0.25, 0.3) is 16.9 Å². The molecule has 1 aromatic carbocycles. The van der Waals surface area contributed by atoms with E-state index in [0.29, 0.717) is 0 Å². The van der Waals surface area contributed by atoms with Crippen molar-refractivity contribution in [3.8, 4) is 11.3 Å². The number of ether oxygens (including phenoxy) is 1. The van der Waals surface area contributed by atoms with Gasteiger partial charge in [0.05, 0.1) is 24.6 Å². The zero-order valence-corrected chi connectivity index (χ0v) is 14.3. The summed E-state index contributed by atoms with van der Waals surface area (Å²) in [7, 11) is 0. The van der Waals surface area contributed by atoms with Crippen LogP contribution in [0.5, 0.6) is 0 Å². The predicted octanol–water partition coefficient (Wildman–Crippen LogP) is 3.45. The summed E-state index contributed by atoms with van der Waals surface area (Å²) >= 11 is 0. The van der Waals surface area contributed by atoms with E-state index in [1.807, 2.05) is 0 Å². The molecule has 2 aromatic heterocycles. The first kappa shape index (κ1) is 15.4. The van der Waals surface area contributed by atoms with Crippen LogP contribution in [0.15, 0.2) is 42.6 Å². The van der Waals surface area contributed by atoms with Gasteiger partial charge in [-0.2, -0.15) is 0 Å². The third kappa shape index (κ3) is 2.83. The van der Waals surface area contributed by atoms with Crippen LogP contribution in [0.4, 0.5) is 0 Å². The lowest BCUT2D eigenvalue weighted by atomic mass is 10.1. The lowest BCUT2D eigenvalue weighted by Crippen LogP contribution is -2.36. The van der Waals surface area contributed by atoms with Crippen molar-refractivity contribution in [2.45, 2.75) is 20.4 Å². The SMILES string of the molecule is Cc1ccc(-c2nc3c(C)cccn3c2CN2CCOCC2)cc1. The standard InChI is InChI=1S/C20H23N3O/c1-15-5-7-17(8-6-15)19-18(14-22-10-12-24-13-11-22)23-9-3-4-16(2)20(23)21-19/h3-9H,10-14H2,1-2H3. The average Bonchev–Trinajstić information content (AvgIpc) is 2.97. The second kappa shape index (κ2) is 6.38. The zero-order valence-electron chi connectivity index (χ0n) is 14.3. The van der Waals surface area contributed by atoms with Crippen molar-refractivity contribution < 1.29 is 4.74 Å². The van der Waals surface area contributed by atoms with E-state index in [2.05, 4.69) is 65.7 Å². The highest BCUT2D eigenvalue weighted by Crippen LogP contribution is 2.27. The first-order chi connectivity index (χ1) is 11.7. The van der Waals surface area contributed by atoms with E-state index in [1.54, 1.807) is 0 Å². The Morgan fingerprint density at radius 3 is 2.54 bits per heavy atom. The summed E-state index contributed by atoms with van der Waals surface area (Å²) in [6.07, 6.45) is 2.13. The molecule has 3 aromatic rings. The highest BCUT2D eigenvalue weighted by atomic mass is 16.5. The normalized spacial score (nSPS) is 15.9. The number of aromatic nitrogens is 2. The maximum Gasteiger partial charge on any atom is 0.140 e. The van der Waals surface area contributed by atoms with E-state index in [9.17, 15) is 0 Å². The van der Waals surface area contributed by atoms with Gasteiger partial charge in [0.1, 0.15) is 5.65 Å². The van der Waals surface area contributed by atoms with Crippen molar-refractivity contribution in [2.75, 3.05) is 26.3 Å². The maximum atomic E-state index is 5.49. The number of morpholine rings is 1. The molecule has 1 saturated heterocycles. The number of hydrogen-bond acceptors (Lipinski definition) is 3. The van der Waals surface area contributed by atoms with E-state index >= 15 is 0 Å². The number of imidazole rings is 1. The Labute approximate surface area is 142 Å². The molecule has 0 radical (unpaired) electrons. The van der Waals surface area contributed by atoms with Crippen molar-refractivity contribution in [1.29, 1.82) is 0 Å². The summed E-state index contributed by atoms with van der Waals surface area (Å²) in [5, 5.41) is 0. The van der Waals surface area contributed by atoms with E-state index < -0.39 is 0 Å². The molecule has 0 bridgehead atoms. The molecular formula is C20H23N3O. The Balaban J connectivity index is 1.83. The summed E-state index contributed by atoms with van der Waals surface area (Å²) in [5.74, 6) is 0. The van der Waals surface area contributed by atoms with Crippen LogP contribution in [0, 0.1) is 13.8 Å². The average molecular weight is 321 g/mol. The molecule has 0 amide bonds. The minimum Gasteiger partial charge on any atom is -0.379 e. The lowest BCUT2D eigenvalue weighted by Gasteiger charge is -2.26. The first-order valence-corrected chi connectivity index (χ1v) is 8.56. The fraction of sp³-hybridized carbons (Fsp3) is 0.350. The van der Waals surface area contributed by atoms with Gasteiger partial charge in [-0.15, -0.1) is 0 Å². The molecule has 0 spiro atoms. The highest BCUT2D eigenvalue weighted by Gasteiger charge is 2.19. The number of aryl methyl sites for hydroxylation is 2. The van der Waals surface area contributed by atoms with Crippen molar-refractivity contribution in [1.82, 2.24) is 14.3 Å². The van der Waals surface area contributed by atoms with Crippen molar-refractivity contribution >= 4 is 5.65 Å². The molecule has 124 valence electrons. The van der Waals surface area contributed by atoms with Crippen LogP contribution >= 0.6 is 0 Å². The van der Waals surface area contributed by atoms with Gasteiger partial charge in [0, 0.05) is 31.4 Å². The lowest BCUT2D eigenvalue weighted by molar-refractivity contribution is 0.0336. The molecule has 0 atom stereocenters. The van der Waals surface area contributed by atoms with Gasteiger partial charge >= 0.3 is 0 Å². The third-order valence-corrected chi connectivity index (χ3v) is 4.75. The fourth-order valence-corrected chi connectivity index (χ4v) is 3.32. The van der Waals surface area contributed by atoms with Crippen LogP contribution in [0.1, 0.15) is 16.8 Å². The Bertz CT molecular complexity index is 845. The molecule has 1 aliphatic heterocycles. The Kier molecular flexibility index (Phi) is 4.08. The molecule has 3 heterocycles. The van der Waals surface area contributed by atoms with Crippen LogP contribution in [-0.4, -0.2) is 40.6 Å². The Morgan fingerprint density at radius 2 is 1.79 bits per heavy atom. The Morgan fingerprint density at radius 1 is 1.04 bits per heavy atom. The second-order valence-electron chi connectivity index (χ2n) is 6.55. The summed E-state index contributed by atoms with van der Waals surface area (Å²) in [6.45, 7) is 8.73. The first-order valence-electron chi connectivity index (χ1n) is 8.56. The quantitative estimate of drug-likeness (QED) is 0.740. The van der Waals surface area contributed by atoms with Crippen LogP contribution in [0.3, 0.4) is 0 Å². The van der Waals surface area contributed by atoms with Crippen molar-refractivity contribution in [3.05, 3.63) is 59.4 Å². The van der Waals surface area contributed by atoms with Gasteiger partial charge in [-0.1, -0.05) is 35.9 Å². The Hall–Kier alpha value is -2.17. The molecule has 4 rings (SSSR count). The minimum absolute atomic E-state index is 0.815. The third-order valence-electron chi connectivity index (χ3n) is 4.75. The van der Waals surface area contributed by atoms with Gasteiger partial charge in [-0.25, -0.2) is 4.98 Å². The van der Waals surface area contributed by atoms with Gasteiger partial charge in [0.2, 0.25) is 0 Å². The summed E-state index contributed by atoms with van der Waals surface area (Å²) in [4.78, 5) is 7.43. The summed E-state index contributed by atoms with van der Waals surface area (Å²) in [6, 6.07) is 12.9. The van der Waals surface area contributed by atoms with Crippen molar-refractivity contribution in [2.24, 2.45) is 0 Å². The topological polar surface area (TPSA) is 29.8 Å². The van der Waals surface area contributed by atoms with E-state index in [0.717, 1.165) is 44.2 Å². The summed E-state index contributed by atoms with van der Waals surface area (Å²) < 4.78 is 7.74. The number of hydrogen-bond donors (Lipinski definition) is 0. The molecule has 1 fully saturated rings. The number of nitrogens with zero attached hydrogens (tertiary/aromatic N) is 3. The second-order valence-corrected chi connectivity index (χ2v) is 6.55. The minimum atomic E-state index is 0.815. The number of benzene rings is 1. The number of pyridine rings is 1. The molecule has 0 saturated carbocycles. The zero-order chi connectivity index (χ0) is 16.5. The molecule has 0 N–H and O–H groups in total. The molecule has 4 nitrogen and oxygen atoms in total. The molecular weight excluding hydrogens is 298 g/mol. The maximum absolute atomic E-state index is 5.49. The largest absolute Gasteiger partial charge is 0.379 e. The molecule has 1 aliphatic rings. The van der Waals surface area contributed by atoms with Crippen LogP contribution in [0.2, 0.25) is 0 Å². The fourth-order valence-electron chi connectivity index (χ4n) is 3.32. The van der Waals surface area contributed by atoms with Crippen LogP contribution < -0.4 is 0 Å². The van der Waals surface area contributed by atoms with Gasteiger partial charge in [0.25, 0.3) is 0 Å². The highest BCUT2D eigenvalue weighted by molar-refractivity contribution is 5.68. The summed E-state index contributed by atoms with van der Waals surface area (Å²) in [5.41, 5.74) is 7.08. The molecule has 4 heteroatoms. The smallest absolute Gasteiger partial charge is 0.140 e. The van der Waals surface area contributed by atoms with Crippen molar-refractivity contribution in [3.63, 3.8) is 0 Å². The van der Waals surface area contributed by atoms with Gasteiger partial charge in [0.15, 0.2) is 0 Å².